The van der Waals surface area contributed by atoms with Crippen LogP contribution in [0.4, 0.5) is 0 Å². The lowest BCUT2D eigenvalue weighted by Gasteiger charge is -2.50. The Morgan fingerprint density at radius 2 is 1.88 bits per heavy atom. The number of rotatable bonds is 2. The van der Waals surface area contributed by atoms with Gasteiger partial charge in [0.1, 0.15) is 5.75 Å². The Kier molecular flexibility index (Phi) is 4.83. The first-order chi connectivity index (χ1) is 15.1. The summed E-state index contributed by atoms with van der Waals surface area (Å²) in [5, 5.41) is 13.3. The van der Waals surface area contributed by atoms with E-state index in [1.807, 2.05) is 6.08 Å². The number of halogens is 3. The lowest BCUT2D eigenvalue weighted by Crippen LogP contribution is -2.60. The number of hydrogen-bond acceptors (Lipinski definition) is 5. The quantitative estimate of drug-likeness (QED) is 0.259. The predicted octanol–water partition coefficient (Wildman–Crippen LogP) is 2.70. The molecule has 0 radical (unpaired) electrons. The molecule has 10 heteroatoms. The van der Waals surface area contributed by atoms with Crippen molar-refractivity contribution in [3.63, 3.8) is 0 Å². The number of para-hydroxylation sites is 1. The van der Waals surface area contributed by atoms with Crippen molar-refractivity contribution in [2.24, 2.45) is 17.8 Å². The first-order valence-corrected chi connectivity index (χ1v) is 12.1. The minimum Gasteiger partial charge on any atom is -0.507 e. The number of phenols is 1. The number of aromatic hydroxyl groups is 1. The largest absolute Gasteiger partial charge is 0.507 e. The highest BCUT2D eigenvalue weighted by Gasteiger charge is 2.76. The molecule has 168 valence electrons. The number of nitrogens with one attached hydrogen (secondary N) is 1. The smallest absolute Gasteiger partial charge is 0.254 e. The van der Waals surface area contributed by atoms with Crippen molar-refractivity contribution in [3.8, 4) is 5.75 Å². The third-order valence-electron chi connectivity index (χ3n) is 7.44. The van der Waals surface area contributed by atoms with E-state index in [1.165, 1.54) is 0 Å². The average Bonchev–Trinajstić information content (AvgIpc) is 3.12. The second-order valence-electron chi connectivity index (χ2n) is 8.85. The fourth-order valence-electron chi connectivity index (χ4n) is 5.92. The molecule has 4 aliphatic rings. The molecule has 2 aliphatic carbocycles. The molecule has 2 N–H and O–H groups in total. The standard InChI is InChI=1S/C22H19BrCl2N2O5/c1-9-3-2-4-12(16(9)28)15-10-5-6-11-14(18(30)26-17(11)29)13(10)7-21(24)19(31)27(8-23)20(32)22(15,21)25/h2-5,11,13-15,28H,6-8H2,1H3,(H,26,29,30)/t11-,13+,14-,15+,21+,22-/m0/s1. The normalized spacial score (nSPS) is 38.2. The second-order valence-corrected chi connectivity index (χ2v) is 10.6. The predicted molar refractivity (Wildman–Crippen MR) is 119 cm³/mol. The fourth-order valence-corrected chi connectivity index (χ4v) is 7.34. The Bertz CT molecular complexity index is 1140. The zero-order chi connectivity index (χ0) is 23.2. The molecule has 7 nitrogen and oxygen atoms in total. The van der Waals surface area contributed by atoms with Crippen LogP contribution in [0.1, 0.15) is 29.9 Å². The Labute approximate surface area is 202 Å². The number of benzene rings is 1. The molecule has 0 spiro atoms. The lowest BCUT2D eigenvalue weighted by molar-refractivity contribution is -0.138. The van der Waals surface area contributed by atoms with E-state index in [0.29, 0.717) is 23.1 Å². The highest BCUT2D eigenvalue weighted by Crippen LogP contribution is 2.65. The molecule has 0 unspecified atom stereocenters. The third kappa shape index (κ3) is 2.49. The maximum Gasteiger partial charge on any atom is 0.254 e. The molecule has 0 aromatic heterocycles. The van der Waals surface area contributed by atoms with Crippen LogP contribution in [0.2, 0.25) is 0 Å². The number of hydrogen-bond donors (Lipinski definition) is 2. The van der Waals surface area contributed by atoms with Gasteiger partial charge in [-0.25, -0.2) is 0 Å². The van der Waals surface area contributed by atoms with Gasteiger partial charge in [-0.15, -0.1) is 23.2 Å². The summed E-state index contributed by atoms with van der Waals surface area (Å²) in [5.41, 5.74) is 1.50. The van der Waals surface area contributed by atoms with Crippen molar-refractivity contribution in [2.45, 2.75) is 35.4 Å². The number of carbonyl (C=O) groups excluding carboxylic acids is 4. The van der Waals surface area contributed by atoms with Crippen LogP contribution < -0.4 is 5.32 Å². The number of carbonyl (C=O) groups is 4. The zero-order valence-corrected chi connectivity index (χ0v) is 20.0. The van der Waals surface area contributed by atoms with Gasteiger partial charge in [0, 0.05) is 11.5 Å². The van der Waals surface area contributed by atoms with Gasteiger partial charge in [-0.1, -0.05) is 45.8 Å². The number of imide groups is 2. The summed E-state index contributed by atoms with van der Waals surface area (Å²) in [5.74, 6) is -4.95. The molecule has 32 heavy (non-hydrogen) atoms. The van der Waals surface area contributed by atoms with E-state index in [1.54, 1.807) is 25.1 Å². The zero-order valence-electron chi connectivity index (χ0n) is 16.9. The summed E-state index contributed by atoms with van der Waals surface area (Å²) in [6, 6.07) is 5.10. The molecular weight excluding hydrogens is 523 g/mol. The molecular formula is C22H19BrCl2N2O5. The van der Waals surface area contributed by atoms with Gasteiger partial charge in [-0.05, 0) is 31.2 Å². The van der Waals surface area contributed by atoms with Gasteiger partial charge >= 0.3 is 0 Å². The van der Waals surface area contributed by atoms with E-state index in [9.17, 15) is 24.3 Å². The van der Waals surface area contributed by atoms with Crippen LogP contribution in [0.25, 0.3) is 0 Å². The number of fused-ring (bicyclic) bond motifs is 4. The molecule has 2 aliphatic heterocycles. The summed E-state index contributed by atoms with van der Waals surface area (Å²) in [6.07, 6.45) is 2.05. The summed E-state index contributed by atoms with van der Waals surface area (Å²) in [4.78, 5) is 49.2. The summed E-state index contributed by atoms with van der Waals surface area (Å²) in [7, 11) is 0. The highest BCUT2D eigenvalue weighted by atomic mass is 79.9. The van der Waals surface area contributed by atoms with Crippen LogP contribution in [0.15, 0.2) is 29.8 Å². The Morgan fingerprint density at radius 1 is 1.16 bits per heavy atom. The number of allylic oxidation sites excluding steroid dienone is 2. The summed E-state index contributed by atoms with van der Waals surface area (Å²) >= 11 is 17.2. The van der Waals surface area contributed by atoms with E-state index in [0.717, 1.165) is 4.90 Å². The molecule has 6 atom stereocenters. The minimum absolute atomic E-state index is 0.0512. The van der Waals surface area contributed by atoms with Gasteiger partial charge in [0.25, 0.3) is 11.8 Å². The molecule has 5 rings (SSSR count). The summed E-state index contributed by atoms with van der Waals surface area (Å²) < 4.78 is 0. The number of nitrogens with zero attached hydrogens (tertiary/aromatic N) is 1. The molecule has 2 saturated heterocycles. The molecule has 2 heterocycles. The van der Waals surface area contributed by atoms with Crippen LogP contribution in [0.5, 0.6) is 5.75 Å². The SMILES string of the molecule is Cc1cccc([C@H]2C3=CC[C@@H]4C(=O)NC(=O)[C@@H]4[C@@H]3C[C@@]3(Cl)C(=O)N(CBr)C(=O)[C@@]23Cl)c1O. The maximum atomic E-state index is 13.5. The van der Waals surface area contributed by atoms with Crippen molar-refractivity contribution >= 4 is 62.8 Å². The first kappa shape index (κ1) is 21.9. The Morgan fingerprint density at radius 3 is 2.56 bits per heavy atom. The first-order valence-electron chi connectivity index (χ1n) is 10.2. The van der Waals surface area contributed by atoms with Crippen LogP contribution in [-0.4, -0.2) is 48.8 Å². The van der Waals surface area contributed by atoms with Gasteiger partial charge < -0.3 is 5.11 Å². The van der Waals surface area contributed by atoms with E-state index in [2.05, 4.69) is 21.2 Å². The van der Waals surface area contributed by atoms with Gasteiger partial charge in [-0.3, -0.25) is 29.4 Å². The van der Waals surface area contributed by atoms with Gasteiger partial charge in [0.2, 0.25) is 11.8 Å². The number of amides is 4. The van der Waals surface area contributed by atoms with Crippen LogP contribution in [0.3, 0.4) is 0 Å². The maximum absolute atomic E-state index is 13.5. The van der Waals surface area contributed by atoms with Gasteiger partial charge in [0.05, 0.1) is 17.3 Å². The van der Waals surface area contributed by atoms with Crippen molar-refractivity contribution in [1.29, 1.82) is 0 Å². The van der Waals surface area contributed by atoms with Crippen molar-refractivity contribution < 1.29 is 24.3 Å². The molecule has 3 fully saturated rings. The molecule has 1 aromatic carbocycles. The lowest BCUT2D eigenvalue weighted by atomic mass is 9.56. The fraction of sp³-hybridized carbons (Fsp3) is 0.455. The Hall–Kier alpha value is -1.90. The van der Waals surface area contributed by atoms with Gasteiger partial charge in [0.15, 0.2) is 9.75 Å². The van der Waals surface area contributed by atoms with Crippen LogP contribution in [0, 0.1) is 24.7 Å². The van der Waals surface area contributed by atoms with E-state index in [-0.39, 0.29) is 23.5 Å². The number of aryl methyl sites for hydroxylation is 1. The Balaban J connectivity index is 1.79. The van der Waals surface area contributed by atoms with Gasteiger partial charge in [-0.2, -0.15) is 0 Å². The monoisotopic (exact) mass is 540 g/mol. The van der Waals surface area contributed by atoms with Crippen molar-refractivity contribution in [2.75, 3.05) is 5.45 Å². The average molecular weight is 542 g/mol. The number of phenolic OH excluding ortho intramolecular Hbond substituents is 1. The molecule has 1 aromatic rings. The minimum atomic E-state index is -1.90. The van der Waals surface area contributed by atoms with Crippen molar-refractivity contribution in [1.82, 2.24) is 10.2 Å². The third-order valence-corrected chi connectivity index (χ3v) is 9.35. The number of alkyl halides is 3. The highest BCUT2D eigenvalue weighted by molar-refractivity contribution is 9.09. The van der Waals surface area contributed by atoms with Crippen LogP contribution in [-0.2, 0) is 19.2 Å². The second kappa shape index (κ2) is 7.05. The van der Waals surface area contributed by atoms with Crippen LogP contribution >= 0.6 is 39.1 Å². The summed E-state index contributed by atoms with van der Waals surface area (Å²) in [6.45, 7) is 1.72. The van der Waals surface area contributed by atoms with E-state index >= 15 is 0 Å². The molecule has 0 bridgehead atoms. The molecule has 1 saturated carbocycles. The van der Waals surface area contributed by atoms with E-state index < -0.39 is 51.1 Å². The topological polar surface area (TPSA) is 104 Å². The molecule has 4 amide bonds. The van der Waals surface area contributed by atoms with E-state index in [4.69, 9.17) is 23.2 Å². The number of likely N-dealkylation sites (tertiary alicyclic amines) is 1. The van der Waals surface area contributed by atoms with Crippen molar-refractivity contribution in [3.05, 3.63) is 41.0 Å².